The zero-order valence-electron chi connectivity index (χ0n) is 5.39. The maximum absolute atomic E-state index is 12.4. The Morgan fingerprint density at radius 2 is 2.22 bits per heavy atom. The minimum atomic E-state index is -0.144. The highest BCUT2D eigenvalue weighted by molar-refractivity contribution is 5.15. The third-order valence-corrected chi connectivity index (χ3v) is 1.30. The fourth-order valence-electron chi connectivity index (χ4n) is 0.757. The topological polar surface area (TPSA) is 0 Å². The number of halogens is 1. The van der Waals surface area contributed by atoms with Gasteiger partial charge in [0.2, 0.25) is 0 Å². The summed E-state index contributed by atoms with van der Waals surface area (Å²) in [4.78, 5) is 0. The van der Waals surface area contributed by atoms with E-state index in [9.17, 15) is 4.39 Å². The zero-order chi connectivity index (χ0) is 6.69. The fraction of sp³-hybridized carbons (Fsp3) is 0.250. The third kappa shape index (κ3) is 1.53. The Bertz CT molecular complexity index is 194. The van der Waals surface area contributed by atoms with Crippen LogP contribution in [0.2, 0.25) is 0 Å². The van der Waals surface area contributed by atoms with E-state index in [1.807, 2.05) is 13.0 Å². The van der Waals surface area contributed by atoms with Crippen LogP contribution in [-0.2, 0) is 6.42 Å². The summed E-state index contributed by atoms with van der Waals surface area (Å²) in [6.45, 7) is 2.01. The van der Waals surface area contributed by atoms with Gasteiger partial charge in [-0.3, -0.25) is 0 Å². The molecule has 0 aromatic heterocycles. The molecule has 1 aromatic carbocycles. The molecule has 0 amide bonds. The van der Waals surface area contributed by atoms with Crippen molar-refractivity contribution in [3.05, 3.63) is 35.6 Å². The highest BCUT2D eigenvalue weighted by atomic mass is 19.1. The Kier molecular flexibility index (Phi) is 1.83. The van der Waals surface area contributed by atoms with Gasteiger partial charge in [-0.2, -0.15) is 0 Å². The van der Waals surface area contributed by atoms with E-state index < -0.39 is 0 Å². The standard InChI is InChI=1S/C8H9F/c1-2-7-4-3-5-8(9)6-7/h3-6H,2H2,1H3. The lowest BCUT2D eigenvalue weighted by atomic mass is 10.2. The second-order valence-electron chi connectivity index (χ2n) is 1.98. The molecule has 0 spiro atoms. The van der Waals surface area contributed by atoms with Gasteiger partial charge in [0, 0.05) is 0 Å². The molecule has 1 heteroatoms. The van der Waals surface area contributed by atoms with E-state index in [-0.39, 0.29) is 5.82 Å². The molecular formula is C8H9F. The molecule has 0 nitrogen and oxygen atoms in total. The minimum Gasteiger partial charge on any atom is -0.207 e. The predicted octanol–water partition coefficient (Wildman–Crippen LogP) is 2.39. The van der Waals surface area contributed by atoms with Crippen molar-refractivity contribution >= 4 is 0 Å². The van der Waals surface area contributed by atoms with E-state index in [4.69, 9.17) is 0 Å². The monoisotopic (exact) mass is 124 g/mol. The van der Waals surface area contributed by atoms with E-state index in [1.54, 1.807) is 12.1 Å². The number of rotatable bonds is 1. The van der Waals surface area contributed by atoms with E-state index in [0.29, 0.717) is 0 Å². The first-order valence-corrected chi connectivity index (χ1v) is 3.07. The normalized spacial score (nSPS) is 9.56. The molecule has 1 rings (SSSR count). The molecule has 0 saturated heterocycles. The second kappa shape index (κ2) is 2.62. The highest BCUT2D eigenvalue weighted by Crippen LogP contribution is 2.02. The summed E-state index contributed by atoms with van der Waals surface area (Å²) in [5, 5.41) is 0. The lowest BCUT2D eigenvalue weighted by Crippen LogP contribution is -1.79. The van der Waals surface area contributed by atoms with Crippen LogP contribution in [0.1, 0.15) is 12.5 Å². The molecule has 48 valence electrons. The van der Waals surface area contributed by atoms with Gasteiger partial charge in [0.05, 0.1) is 0 Å². The van der Waals surface area contributed by atoms with Gasteiger partial charge in [-0.1, -0.05) is 19.1 Å². The summed E-state index contributed by atoms with van der Waals surface area (Å²) < 4.78 is 12.4. The Morgan fingerprint density at radius 3 is 2.67 bits per heavy atom. The summed E-state index contributed by atoms with van der Waals surface area (Å²) in [7, 11) is 0. The summed E-state index contributed by atoms with van der Waals surface area (Å²) in [6, 6.07) is 6.66. The van der Waals surface area contributed by atoms with Gasteiger partial charge in [-0.15, -0.1) is 0 Å². The Balaban J connectivity index is 2.94. The third-order valence-electron chi connectivity index (χ3n) is 1.30. The second-order valence-corrected chi connectivity index (χ2v) is 1.98. The van der Waals surface area contributed by atoms with Crippen molar-refractivity contribution in [2.45, 2.75) is 13.3 Å². The van der Waals surface area contributed by atoms with Gasteiger partial charge in [0.25, 0.3) is 0 Å². The maximum Gasteiger partial charge on any atom is 0.123 e. The Labute approximate surface area is 54.3 Å². The molecule has 0 aliphatic rings. The molecule has 0 heterocycles. The van der Waals surface area contributed by atoms with Crippen molar-refractivity contribution in [3.63, 3.8) is 0 Å². The lowest BCUT2D eigenvalue weighted by Gasteiger charge is -1.92. The Hall–Kier alpha value is -0.850. The molecule has 0 atom stereocenters. The molecule has 0 aliphatic heterocycles. The number of aryl methyl sites for hydroxylation is 1. The van der Waals surface area contributed by atoms with Crippen LogP contribution in [0.15, 0.2) is 24.3 Å². The van der Waals surface area contributed by atoms with Gasteiger partial charge in [0.15, 0.2) is 0 Å². The van der Waals surface area contributed by atoms with Crippen LogP contribution < -0.4 is 0 Å². The van der Waals surface area contributed by atoms with Gasteiger partial charge >= 0.3 is 0 Å². The fourth-order valence-corrected chi connectivity index (χ4v) is 0.757. The molecule has 0 bridgehead atoms. The largest absolute Gasteiger partial charge is 0.207 e. The molecule has 0 unspecified atom stereocenters. The molecule has 9 heavy (non-hydrogen) atoms. The van der Waals surface area contributed by atoms with Crippen LogP contribution >= 0.6 is 0 Å². The molecule has 0 saturated carbocycles. The number of hydrogen-bond donors (Lipinski definition) is 0. The average Bonchev–Trinajstić information content (AvgIpc) is 1.88. The summed E-state index contributed by atoms with van der Waals surface area (Å²) >= 11 is 0. The van der Waals surface area contributed by atoms with Crippen LogP contribution in [-0.4, -0.2) is 0 Å². The number of benzene rings is 1. The van der Waals surface area contributed by atoms with Crippen LogP contribution in [0.4, 0.5) is 4.39 Å². The molecule has 0 aliphatic carbocycles. The van der Waals surface area contributed by atoms with Crippen molar-refractivity contribution in [2.75, 3.05) is 0 Å². The van der Waals surface area contributed by atoms with Crippen molar-refractivity contribution < 1.29 is 4.39 Å². The van der Waals surface area contributed by atoms with E-state index >= 15 is 0 Å². The zero-order valence-corrected chi connectivity index (χ0v) is 5.39. The van der Waals surface area contributed by atoms with Crippen molar-refractivity contribution in [3.8, 4) is 0 Å². The van der Waals surface area contributed by atoms with E-state index in [1.165, 1.54) is 6.07 Å². The smallest absolute Gasteiger partial charge is 0.123 e. The Morgan fingerprint density at radius 1 is 1.44 bits per heavy atom. The van der Waals surface area contributed by atoms with Gasteiger partial charge in [-0.05, 0) is 24.1 Å². The average molecular weight is 124 g/mol. The van der Waals surface area contributed by atoms with Crippen LogP contribution in [0, 0.1) is 5.82 Å². The SMILES string of the molecule is CCc1cccc(F)c1. The number of hydrogen-bond acceptors (Lipinski definition) is 0. The molecule has 0 fully saturated rings. The summed E-state index contributed by atoms with van der Waals surface area (Å²) in [6.07, 6.45) is 0.901. The van der Waals surface area contributed by atoms with Crippen molar-refractivity contribution in [1.82, 2.24) is 0 Å². The van der Waals surface area contributed by atoms with E-state index in [0.717, 1.165) is 12.0 Å². The summed E-state index contributed by atoms with van der Waals surface area (Å²) in [5.41, 5.74) is 1.05. The molecule has 0 N–H and O–H groups in total. The lowest BCUT2D eigenvalue weighted by molar-refractivity contribution is 0.625. The molecule has 1 aromatic rings. The maximum atomic E-state index is 12.4. The van der Waals surface area contributed by atoms with Gasteiger partial charge < -0.3 is 0 Å². The first-order chi connectivity index (χ1) is 4.33. The van der Waals surface area contributed by atoms with Crippen LogP contribution in [0.3, 0.4) is 0 Å². The first-order valence-electron chi connectivity index (χ1n) is 3.07. The van der Waals surface area contributed by atoms with E-state index in [2.05, 4.69) is 0 Å². The van der Waals surface area contributed by atoms with Crippen molar-refractivity contribution in [1.29, 1.82) is 0 Å². The van der Waals surface area contributed by atoms with Crippen molar-refractivity contribution in [2.24, 2.45) is 0 Å². The van der Waals surface area contributed by atoms with Crippen LogP contribution in [0.25, 0.3) is 0 Å². The summed E-state index contributed by atoms with van der Waals surface area (Å²) in [5.74, 6) is -0.144. The first kappa shape index (κ1) is 6.27. The predicted molar refractivity (Wildman–Crippen MR) is 35.8 cm³/mol. The quantitative estimate of drug-likeness (QED) is 0.539. The van der Waals surface area contributed by atoms with Gasteiger partial charge in [-0.25, -0.2) is 4.39 Å². The van der Waals surface area contributed by atoms with Gasteiger partial charge in [0.1, 0.15) is 5.82 Å². The molecule has 0 radical (unpaired) electrons. The minimum absolute atomic E-state index is 0.144. The highest BCUT2D eigenvalue weighted by Gasteiger charge is 1.88. The molecular weight excluding hydrogens is 115 g/mol. The van der Waals surface area contributed by atoms with Crippen LogP contribution in [0.5, 0.6) is 0 Å².